The van der Waals surface area contributed by atoms with Crippen molar-refractivity contribution in [3.05, 3.63) is 29.5 Å². The van der Waals surface area contributed by atoms with Crippen LogP contribution in [0.15, 0.2) is 22.6 Å². The molecule has 0 fully saturated rings. The Morgan fingerprint density at radius 3 is 2.65 bits per heavy atom. The third-order valence-electron chi connectivity index (χ3n) is 2.43. The third-order valence-corrected chi connectivity index (χ3v) is 2.43. The summed E-state index contributed by atoms with van der Waals surface area (Å²) in [7, 11) is 1.22. The Hall–Kier alpha value is -2.30. The second kappa shape index (κ2) is 3.93. The topological polar surface area (TPSA) is 76.7 Å². The standard InChI is InChI=1S/C12H10O5/c1-6(13)7-3-4-9(14)11-8(7)5-10(17-11)12(15)16-2/h3-5,14H,1-2H3. The summed E-state index contributed by atoms with van der Waals surface area (Å²) in [5.74, 6) is -1.01. The minimum absolute atomic E-state index is 0.0495. The number of phenols is 1. The van der Waals surface area contributed by atoms with Gasteiger partial charge in [0, 0.05) is 17.0 Å². The van der Waals surface area contributed by atoms with Crippen molar-refractivity contribution in [2.24, 2.45) is 0 Å². The van der Waals surface area contributed by atoms with Gasteiger partial charge < -0.3 is 14.3 Å². The highest BCUT2D eigenvalue weighted by molar-refractivity contribution is 6.08. The number of ether oxygens (including phenoxy) is 1. The number of fused-ring (bicyclic) bond motifs is 1. The molecule has 0 aliphatic heterocycles. The second-order valence-electron chi connectivity index (χ2n) is 3.53. The van der Waals surface area contributed by atoms with Gasteiger partial charge in [-0.25, -0.2) is 4.79 Å². The summed E-state index contributed by atoms with van der Waals surface area (Å²) in [5.41, 5.74) is 0.495. The van der Waals surface area contributed by atoms with Gasteiger partial charge in [-0.1, -0.05) is 0 Å². The van der Waals surface area contributed by atoms with Gasteiger partial charge in [-0.05, 0) is 19.1 Å². The smallest absolute Gasteiger partial charge is 0.373 e. The highest BCUT2D eigenvalue weighted by Gasteiger charge is 2.18. The van der Waals surface area contributed by atoms with Gasteiger partial charge in [0.1, 0.15) is 0 Å². The molecule has 5 nitrogen and oxygen atoms in total. The SMILES string of the molecule is COC(=O)c1cc2c(C(C)=O)ccc(O)c2o1. The minimum atomic E-state index is -0.657. The average Bonchev–Trinajstić information content (AvgIpc) is 2.73. The predicted octanol–water partition coefficient (Wildman–Crippen LogP) is 2.13. The van der Waals surface area contributed by atoms with Crippen LogP contribution in [0.4, 0.5) is 0 Å². The van der Waals surface area contributed by atoms with Crippen LogP contribution in [0.25, 0.3) is 11.0 Å². The van der Waals surface area contributed by atoms with E-state index >= 15 is 0 Å². The van der Waals surface area contributed by atoms with Gasteiger partial charge in [0.15, 0.2) is 17.1 Å². The highest BCUT2D eigenvalue weighted by Crippen LogP contribution is 2.31. The summed E-state index contributed by atoms with van der Waals surface area (Å²) in [6.45, 7) is 1.40. The zero-order valence-corrected chi connectivity index (χ0v) is 9.31. The maximum Gasteiger partial charge on any atom is 0.373 e. The summed E-state index contributed by atoms with van der Waals surface area (Å²) < 4.78 is 9.67. The number of carbonyl (C=O) groups is 2. The molecule has 88 valence electrons. The first kappa shape index (κ1) is 11.2. The molecular formula is C12H10O5. The number of ketones is 1. The van der Waals surface area contributed by atoms with Crippen molar-refractivity contribution in [1.82, 2.24) is 0 Å². The molecule has 1 N–H and O–H groups in total. The molecule has 0 amide bonds. The van der Waals surface area contributed by atoms with E-state index in [-0.39, 0.29) is 22.9 Å². The fraction of sp³-hybridized carbons (Fsp3) is 0.167. The van der Waals surface area contributed by atoms with E-state index < -0.39 is 5.97 Å². The Kier molecular flexibility index (Phi) is 2.59. The van der Waals surface area contributed by atoms with E-state index in [4.69, 9.17) is 4.42 Å². The van der Waals surface area contributed by atoms with E-state index in [0.29, 0.717) is 10.9 Å². The zero-order valence-electron chi connectivity index (χ0n) is 9.31. The number of Topliss-reactive ketones (excluding diaryl/α,β-unsaturated/α-hetero) is 1. The molecule has 0 atom stereocenters. The molecule has 5 heteroatoms. The van der Waals surface area contributed by atoms with E-state index in [1.54, 1.807) is 0 Å². The fourth-order valence-corrected chi connectivity index (χ4v) is 1.62. The van der Waals surface area contributed by atoms with Crippen molar-refractivity contribution < 1.29 is 23.8 Å². The van der Waals surface area contributed by atoms with Crippen LogP contribution in [0.5, 0.6) is 5.75 Å². The number of furan rings is 1. The average molecular weight is 234 g/mol. The molecule has 0 saturated carbocycles. The number of benzene rings is 1. The van der Waals surface area contributed by atoms with Gasteiger partial charge in [0.05, 0.1) is 7.11 Å². The van der Waals surface area contributed by atoms with Crippen LogP contribution < -0.4 is 0 Å². The van der Waals surface area contributed by atoms with E-state index in [1.807, 2.05) is 0 Å². The summed E-state index contributed by atoms with van der Waals surface area (Å²) in [4.78, 5) is 22.7. The van der Waals surface area contributed by atoms with Gasteiger partial charge in [-0.3, -0.25) is 4.79 Å². The van der Waals surface area contributed by atoms with Crippen LogP contribution in [0.1, 0.15) is 27.8 Å². The van der Waals surface area contributed by atoms with Crippen molar-refractivity contribution >= 4 is 22.7 Å². The molecule has 2 rings (SSSR count). The van der Waals surface area contributed by atoms with Crippen LogP contribution in [-0.4, -0.2) is 24.0 Å². The van der Waals surface area contributed by atoms with Crippen LogP contribution in [0, 0.1) is 0 Å². The largest absolute Gasteiger partial charge is 0.504 e. The molecule has 1 heterocycles. The van der Waals surface area contributed by atoms with E-state index in [9.17, 15) is 14.7 Å². The Morgan fingerprint density at radius 1 is 1.35 bits per heavy atom. The monoisotopic (exact) mass is 234 g/mol. The number of esters is 1. The lowest BCUT2D eigenvalue weighted by atomic mass is 10.1. The molecule has 0 radical (unpaired) electrons. The first-order valence-corrected chi connectivity index (χ1v) is 4.89. The molecule has 0 saturated heterocycles. The van der Waals surface area contributed by atoms with Crippen molar-refractivity contribution in [2.75, 3.05) is 7.11 Å². The van der Waals surface area contributed by atoms with Crippen molar-refractivity contribution in [3.63, 3.8) is 0 Å². The number of rotatable bonds is 2. The Balaban J connectivity index is 2.74. The van der Waals surface area contributed by atoms with Crippen LogP contribution in [0.3, 0.4) is 0 Å². The van der Waals surface area contributed by atoms with Gasteiger partial charge >= 0.3 is 5.97 Å². The Morgan fingerprint density at radius 2 is 2.06 bits per heavy atom. The number of hydrogen-bond acceptors (Lipinski definition) is 5. The first-order valence-electron chi connectivity index (χ1n) is 4.89. The first-order chi connectivity index (χ1) is 8.04. The predicted molar refractivity (Wildman–Crippen MR) is 59.2 cm³/mol. The van der Waals surface area contributed by atoms with Gasteiger partial charge in [-0.15, -0.1) is 0 Å². The molecule has 0 aliphatic rings. The van der Waals surface area contributed by atoms with Crippen molar-refractivity contribution in [2.45, 2.75) is 6.92 Å². The Labute approximate surface area is 96.6 Å². The molecule has 0 bridgehead atoms. The van der Waals surface area contributed by atoms with E-state index in [0.717, 1.165) is 0 Å². The number of hydrogen-bond donors (Lipinski definition) is 1. The lowest BCUT2D eigenvalue weighted by molar-refractivity contribution is 0.0567. The molecule has 17 heavy (non-hydrogen) atoms. The fourth-order valence-electron chi connectivity index (χ4n) is 1.62. The van der Waals surface area contributed by atoms with Gasteiger partial charge in [-0.2, -0.15) is 0 Å². The number of methoxy groups -OCH3 is 1. The van der Waals surface area contributed by atoms with Crippen LogP contribution in [0.2, 0.25) is 0 Å². The molecule has 0 aliphatic carbocycles. The zero-order chi connectivity index (χ0) is 12.6. The Bertz CT molecular complexity index is 609. The maximum atomic E-state index is 11.4. The summed E-state index contributed by atoms with van der Waals surface area (Å²) in [6.07, 6.45) is 0. The normalized spacial score (nSPS) is 10.5. The molecular weight excluding hydrogens is 224 g/mol. The lowest BCUT2D eigenvalue weighted by Gasteiger charge is -1.98. The summed E-state index contributed by atoms with van der Waals surface area (Å²) in [5, 5.41) is 9.99. The van der Waals surface area contributed by atoms with Gasteiger partial charge in [0.2, 0.25) is 5.76 Å². The molecule has 1 aromatic heterocycles. The second-order valence-corrected chi connectivity index (χ2v) is 3.53. The molecule has 0 spiro atoms. The van der Waals surface area contributed by atoms with E-state index in [1.165, 1.54) is 32.2 Å². The molecule has 2 aromatic rings. The number of carbonyl (C=O) groups excluding carboxylic acids is 2. The highest BCUT2D eigenvalue weighted by atomic mass is 16.5. The van der Waals surface area contributed by atoms with E-state index in [2.05, 4.69) is 4.74 Å². The molecule has 1 aromatic carbocycles. The number of aromatic hydroxyl groups is 1. The number of phenolic OH excluding ortho intramolecular Hbond substituents is 1. The van der Waals surface area contributed by atoms with Gasteiger partial charge in [0.25, 0.3) is 0 Å². The molecule has 0 unspecified atom stereocenters. The summed E-state index contributed by atoms with van der Waals surface area (Å²) >= 11 is 0. The lowest BCUT2D eigenvalue weighted by Crippen LogP contribution is -1.98. The maximum absolute atomic E-state index is 11.4. The quantitative estimate of drug-likeness (QED) is 0.636. The van der Waals surface area contributed by atoms with Crippen molar-refractivity contribution in [1.29, 1.82) is 0 Å². The van der Waals surface area contributed by atoms with Crippen molar-refractivity contribution in [3.8, 4) is 5.75 Å². The van der Waals surface area contributed by atoms with Crippen LogP contribution >= 0.6 is 0 Å². The minimum Gasteiger partial charge on any atom is -0.504 e. The third kappa shape index (κ3) is 1.75. The van der Waals surface area contributed by atoms with Crippen LogP contribution in [-0.2, 0) is 4.74 Å². The summed E-state index contributed by atoms with van der Waals surface area (Å²) in [6, 6.07) is 4.22.